The molecule has 1 aliphatic heterocycles. The van der Waals surface area contributed by atoms with Gasteiger partial charge in [-0.3, -0.25) is 14.7 Å². The molecular weight excluding hydrogens is 356 g/mol. The highest BCUT2D eigenvalue weighted by Crippen LogP contribution is 2.25. The minimum absolute atomic E-state index is 0.118. The molecule has 3 heterocycles. The predicted molar refractivity (Wildman–Crippen MR) is 105 cm³/mol. The Bertz CT molecular complexity index is 907. The molecule has 1 saturated heterocycles. The van der Waals surface area contributed by atoms with Crippen LogP contribution in [0.1, 0.15) is 17.4 Å². The average Bonchev–Trinajstić information content (AvgIpc) is 3.15. The van der Waals surface area contributed by atoms with Crippen LogP contribution in [0.25, 0.3) is 0 Å². The Balaban J connectivity index is 1.50. The van der Waals surface area contributed by atoms with Crippen molar-refractivity contribution in [3.8, 4) is 0 Å². The third-order valence-electron chi connectivity index (χ3n) is 4.80. The number of hydrogen-bond acceptors (Lipinski definition) is 7. The number of nitrogens with one attached hydrogen (secondary N) is 1. The number of carbonyl (C=O) groups excluding carboxylic acids is 1. The van der Waals surface area contributed by atoms with Crippen LogP contribution in [0.5, 0.6) is 0 Å². The highest BCUT2D eigenvalue weighted by Gasteiger charge is 2.31. The van der Waals surface area contributed by atoms with Gasteiger partial charge in [-0.2, -0.15) is 0 Å². The standard InChI is InChI=1S/C20H22N6O2/c1-15-13-17(24-28-15)23-20(27)19(16-5-3-2-4-6-16)26-11-9-25(10-12-26)18-14-21-7-8-22-18/h2-8,13-14,19H,9-12H2,1H3,(H,23,24,27). The van der Waals surface area contributed by atoms with E-state index in [-0.39, 0.29) is 5.91 Å². The first-order valence-electron chi connectivity index (χ1n) is 9.25. The summed E-state index contributed by atoms with van der Waals surface area (Å²) in [5, 5.41) is 6.76. The molecule has 2 aromatic heterocycles. The minimum Gasteiger partial charge on any atom is -0.360 e. The van der Waals surface area contributed by atoms with E-state index in [0.717, 1.165) is 37.6 Å². The van der Waals surface area contributed by atoms with Gasteiger partial charge in [0.05, 0.1) is 6.20 Å². The number of aryl methyl sites for hydroxylation is 1. The summed E-state index contributed by atoms with van der Waals surface area (Å²) in [6.45, 7) is 4.82. The SMILES string of the molecule is Cc1cc(NC(=O)C(c2ccccc2)N2CCN(c3cnccn3)CC2)no1. The summed E-state index contributed by atoms with van der Waals surface area (Å²) in [5.74, 6) is 1.83. The van der Waals surface area contributed by atoms with Crippen molar-refractivity contribution in [1.82, 2.24) is 20.0 Å². The number of carbonyl (C=O) groups is 1. The maximum absolute atomic E-state index is 13.1. The van der Waals surface area contributed by atoms with E-state index in [9.17, 15) is 4.79 Å². The van der Waals surface area contributed by atoms with Crippen LogP contribution in [-0.4, -0.2) is 52.1 Å². The van der Waals surface area contributed by atoms with E-state index in [0.29, 0.717) is 11.6 Å². The van der Waals surface area contributed by atoms with Crippen LogP contribution in [0.4, 0.5) is 11.6 Å². The number of nitrogens with zero attached hydrogens (tertiary/aromatic N) is 5. The summed E-state index contributed by atoms with van der Waals surface area (Å²) in [7, 11) is 0. The zero-order chi connectivity index (χ0) is 19.3. The van der Waals surface area contributed by atoms with Gasteiger partial charge in [0.2, 0.25) is 5.91 Å². The van der Waals surface area contributed by atoms with Crippen molar-refractivity contribution in [2.24, 2.45) is 0 Å². The molecule has 1 atom stereocenters. The van der Waals surface area contributed by atoms with E-state index in [1.165, 1.54) is 0 Å². The van der Waals surface area contributed by atoms with Crippen LogP contribution in [0.2, 0.25) is 0 Å². The first-order valence-corrected chi connectivity index (χ1v) is 9.25. The van der Waals surface area contributed by atoms with Crippen molar-refractivity contribution >= 4 is 17.5 Å². The highest BCUT2D eigenvalue weighted by atomic mass is 16.5. The van der Waals surface area contributed by atoms with Gasteiger partial charge in [-0.25, -0.2) is 4.98 Å². The third kappa shape index (κ3) is 4.01. The van der Waals surface area contributed by atoms with Crippen LogP contribution >= 0.6 is 0 Å². The quantitative estimate of drug-likeness (QED) is 0.729. The number of aromatic nitrogens is 3. The fourth-order valence-corrected chi connectivity index (χ4v) is 3.45. The maximum Gasteiger partial charge on any atom is 0.247 e. The Kier molecular flexibility index (Phi) is 5.29. The number of hydrogen-bond donors (Lipinski definition) is 1. The molecule has 144 valence electrons. The monoisotopic (exact) mass is 378 g/mol. The van der Waals surface area contributed by atoms with Gasteiger partial charge in [0.15, 0.2) is 5.82 Å². The molecule has 1 aliphatic rings. The highest BCUT2D eigenvalue weighted by molar-refractivity contribution is 5.94. The van der Waals surface area contributed by atoms with Crippen LogP contribution < -0.4 is 10.2 Å². The fourth-order valence-electron chi connectivity index (χ4n) is 3.45. The Morgan fingerprint density at radius 3 is 2.57 bits per heavy atom. The molecule has 1 amide bonds. The van der Waals surface area contributed by atoms with Gasteiger partial charge in [0, 0.05) is 44.6 Å². The third-order valence-corrected chi connectivity index (χ3v) is 4.80. The van der Waals surface area contributed by atoms with E-state index < -0.39 is 6.04 Å². The second kappa shape index (κ2) is 8.18. The van der Waals surface area contributed by atoms with Crippen LogP contribution in [0.15, 0.2) is 59.5 Å². The summed E-state index contributed by atoms with van der Waals surface area (Å²) in [4.78, 5) is 26.0. The molecule has 0 radical (unpaired) electrons. The van der Waals surface area contributed by atoms with Crippen LogP contribution in [-0.2, 0) is 4.79 Å². The largest absolute Gasteiger partial charge is 0.360 e. The smallest absolute Gasteiger partial charge is 0.247 e. The van der Waals surface area contributed by atoms with E-state index in [1.54, 1.807) is 31.6 Å². The van der Waals surface area contributed by atoms with E-state index >= 15 is 0 Å². The molecule has 8 heteroatoms. The molecule has 0 spiro atoms. The van der Waals surface area contributed by atoms with Crippen molar-refractivity contribution in [2.75, 3.05) is 36.4 Å². The van der Waals surface area contributed by atoms with Gasteiger partial charge in [-0.05, 0) is 12.5 Å². The molecule has 0 aliphatic carbocycles. The molecule has 8 nitrogen and oxygen atoms in total. The Hall–Kier alpha value is -3.26. The van der Waals surface area contributed by atoms with Gasteiger partial charge >= 0.3 is 0 Å². The number of piperazine rings is 1. The first-order chi connectivity index (χ1) is 13.7. The summed E-state index contributed by atoms with van der Waals surface area (Å²) in [5.41, 5.74) is 0.952. The number of amides is 1. The molecule has 1 unspecified atom stereocenters. The summed E-state index contributed by atoms with van der Waals surface area (Å²) >= 11 is 0. The predicted octanol–water partition coefficient (Wildman–Crippen LogP) is 2.28. The van der Waals surface area contributed by atoms with Crippen molar-refractivity contribution in [2.45, 2.75) is 13.0 Å². The Morgan fingerprint density at radius 1 is 1.14 bits per heavy atom. The Morgan fingerprint density at radius 2 is 1.93 bits per heavy atom. The van der Waals surface area contributed by atoms with Crippen LogP contribution in [0, 0.1) is 6.92 Å². The summed E-state index contributed by atoms with van der Waals surface area (Å²) in [6.07, 6.45) is 5.13. The van der Waals surface area contributed by atoms with Crippen molar-refractivity contribution < 1.29 is 9.32 Å². The van der Waals surface area contributed by atoms with Crippen molar-refractivity contribution in [3.63, 3.8) is 0 Å². The molecule has 4 rings (SSSR count). The van der Waals surface area contributed by atoms with Crippen molar-refractivity contribution in [3.05, 3.63) is 66.3 Å². The van der Waals surface area contributed by atoms with E-state index in [2.05, 4.69) is 30.2 Å². The minimum atomic E-state index is -0.401. The average molecular weight is 378 g/mol. The first kappa shape index (κ1) is 18.1. The summed E-state index contributed by atoms with van der Waals surface area (Å²) < 4.78 is 5.06. The van der Waals surface area contributed by atoms with Gasteiger partial charge in [-0.1, -0.05) is 35.5 Å². The molecule has 0 bridgehead atoms. The zero-order valence-electron chi connectivity index (χ0n) is 15.7. The molecule has 28 heavy (non-hydrogen) atoms. The van der Waals surface area contributed by atoms with Crippen LogP contribution in [0.3, 0.4) is 0 Å². The topological polar surface area (TPSA) is 87.4 Å². The maximum atomic E-state index is 13.1. The molecule has 1 fully saturated rings. The second-order valence-corrected chi connectivity index (χ2v) is 6.71. The van der Waals surface area contributed by atoms with Crippen molar-refractivity contribution in [1.29, 1.82) is 0 Å². The van der Waals surface area contributed by atoms with E-state index in [1.807, 2.05) is 30.3 Å². The molecular formula is C20H22N6O2. The zero-order valence-corrected chi connectivity index (χ0v) is 15.7. The molecule has 3 aromatic rings. The second-order valence-electron chi connectivity index (χ2n) is 6.71. The number of benzene rings is 1. The lowest BCUT2D eigenvalue weighted by Gasteiger charge is -2.39. The fraction of sp³-hybridized carbons (Fsp3) is 0.300. The van der Waals surface area contributed by atoms with Gasteiger partial charge in [0.1, 0.15) is 17.6 Å². The van der Waals surface area contributed by atoms with Gasteiger partial charge < -0.3 is 14.7 Å². The summed E-state index contributed by atoms with van der Waals surface area (Å²) in [6, 6.07) is 11.1. The molecule has 1 aromatic carbocycles. The normalized spacial score (nSPS) is 16.0. The lowest BCUT2D eigenvalue weighted by atomic mass is 10.0. The number of rotatable bonds is 5. The van der Waals surface area contributed by atoms with Gasteiger partial charge in [-0.15, -0.1) is 0 Å². The molecule has 1 N–H and O–H groups in total. The van der Waals surface area contributed by atoms with Gasteiger partial charge in [0.25, 0.3) is 0 Å². The lowest BCUT2D eigenvalue weighted by molar-refractivity contribution is -0.121. The lowest BCUT2D eigenvalue weighted by Crippen LogP contribution is -2.50. The molecule has 0 saturated carbocycles. The Labute approximate surface area is 163 Å². The van der Waals surface area contributed by atoms with E-state index in [4.69, 9.17) is 4.52 Å². The number of anilines is 2.